The van der Waals surface area contributed by atoms with E-state index in [0.29, 0.717) is 6.61 Å². The molecule has 0 N–H and O–H groups in total. The molecule has 1 aromatic rings. The molecule has 1 aromatic carbocycles. The van der Waals surface area contributed by atoms with Gasteiger partial charge in [-0.15, -0.1) is 0 Å². The third-order valence-corrected chi connectivity index (χ3v) is 5.85. The van der Waals surface area contributed by atoms with Gasteiger partial charge in [-0.25, -0.2) is 0 Å². The van der Waals surface area contributed by atoms with Crippen molar-refractivity contribution in [2.75, 3.05) is 0 Å². The molecule has 0 aromatic heterocycles. The smallest absolute Gasteiger partial charge is 0.248 e. The van der Waals surface area contributed by atoms with E-state index in [1.165, 1.54) is 5.56 Å². The van der Waals surface area contributed by atoms with E-state index >= 15 is 0 Å². The Morgan fingerprint density at radius 2 is 1.33 bits per heavy atom. The fraction of sp³-hybridized carbons (Fsp3) is 0.529. The topological polar surface area (TPSA) is 15.7 Å². The number of rotatable bonds is 3. The van der Waals surface area contributed by atoms with E-state index in [4.69, 9.17) is 4.52 Å². The molecule has 0 atom stereocenters. The van der Waals surface area contributed by atoms with E-state index < -0.39 is 8.45 Å². The quantitative estimate of drug-likeness (QED) is 0.721. The second kappa shape index (κ2) is 5.98. The maximum Gasteiger partial charge on any atom is 0.248 e. The van der Waals surface area contributed by atoms with Gasteiger partial charge in [0.2, 0.25) is 8.45 Å². The molecule has 21 heavy (non-hydrogen) atoms. The van der Waals surface area contributed by atoms with Crippen LogP contribution >= 0.6 is 8.45 Å². The molecule has 0 saturated heterocycles. The Bertz CT molecular complexity index is 464. The van der Waals surface area contributed by atoms with Crippen molar-refractivity contribution in [3.63, 3.8) is 0 Å². The van der Waals surface area contributed by atoms with Crippen LogP contribution in [0.15, 0.2) is 42.7 Å². The fourth-order valence-corrected chi connectivity index (χ4v) is 4.23. The van der Waals surface area contributed by atoms with E-state index in [0.717, 1.165) is 0 Å². The zero-order chi connectivity index (χ0) is 15.7. The Labute approximate surface area is 130 Å². The summed E-state index contributed by atoms with van der Waals surface area (Å²) in [7, 11) is -0.816. The molecule has 4 heteroatoms. The number of nitrogens with zero attached hydrogens (tertiary/aromatic N) is 2. The minimum Gasteiger partial charge on any atom is -0.318 e. The molecule has 0 bridgehead atoms. The van der Waals surface area contributed by atoms with Crippen molar-refractivity contribution in [3.05, 3.63) is 48.3 Å². The van der Waals surface area contributed by atoms with Gasteiger partial charge in [-0.2, -0.15) is 0 Å². The third-order valence-electron chi connectivity index (χ3n) is 3.28. The normalized spacial score (nSPS) is 16.9. The summed E-state index contributed by atoms with van der Waals surface area (Å²) in [6.45, 7) is 14.0. The lowest BCUT2D eigenvalue weighted by atomic mass is 10.1. The van der Waals surface area contributed by atoms with Crippen LogP contribution in [0.25, 0.3) is 0 Å². The highest BCUT2D eigenvalue weighted by atomic mass is 31.2. The standard InChI is InChI=1S/C17H27N2OP/c1-16(2,3)18-12-13-19(17(4,5)6)21(18)20-14-15-10-8-7-9-11-15/h7-13H,14H2,1-6H3. The fourth-order valence-electron chi connectivity index (χ4n) is 2.14. The molecule has 0 radical (unpaired) electrons. The summed E-state index contributed by atoms with van der Waals surface area (Å²) in [5.41, 5.74) is 1.33. The zero-order valence-corrected chi connectivity index (χ0v) is 14.9. The maximum absolute atomic E-state index is 6.32. The second-order valence-electron chi connectivity index (χ2n) is 7.34. The molecule has 2 rings (SSSR count). The van der Waals surface area contributed by atoms with Crippen molar-refractivity contribution >= 4 is 8.45 Å². The largest absolute Gasteiger partial charge is 0.318 e. The van der Waals surface area contributed by atoms with E-state index in [1.807, 2.05) is 6.07 Å². The Morgan fingerprint density at radius 3 is 1.76 bits per heavy atom. The summed E-state index contributed by atoms with van der Waals surface area (Å²) in [5.74, 6) is 0. The van der Waals surface area contributed by atoms with Crippen molar-refractivity contribution in [2.45, 2.75) is 59.2 Å². The molecule has 1 aliphatic rings. The maximum atomic E-state index is 6.32. The Kier molecular flexibility index (Phi) is 4.65. The number of hydrogen-bond acceptors (Lipinski definition) is 3. The van der Waals surface area contributed by atoms with Crippen LogP contribution in [0.3, 0.4) is 0 Å². The van der Waals surface area contributed by atoms with Gasteiger partial charge in [0.15, 0.2) is 0 Å². The van der Waals surface area contributed by atoms with Crippen molar-refractivity contribution in [2.24, 2.45) is 0 Å². The number of hydrogen-bond donors (Lipinski definition) is 0. The third kappa shape index (κ3) is 3.99. The van der Waals surface area contributed by atoms with Crippen molar-refractivity contribution in [1.29, 1.82) is 0 Å². The first-order chi connectivity index (χ1) is 9.69. The molecule has 1 aliphatic heterocycles. The van der Waals surface area contributed by atoms with E-state index in [9.17, 15) is 0 Å². The molecular formula is C17H27N2OP. The average Bonchev–Trinajstić information content (AvgIpc) is 2.81. The predicted octanol–water partition coefficient (Wildman–Crippen LogP) is 5.12. The predicted molar refractivity (Wildman–Crippen MR) is 90.5 cm³/mol. The van der Waals surface area contributed by atoms with Crippen LogP contribution in [0.2, 0.25) is 0 Å². The zero-order valence-electron chi connectivity index (χ0n) is 14.0. The lowest BCUT2D eigenvalue weighted by molar-refractivity contribution is 0.223. The minimum atomic E-state index is -0.816. The van der Waals surface area contributed by atoms with Gasteiger partial charge < -0.3 is 13.9 Å². The number of benzene rings is 1. The van der Waals surface area contributed by atoms with Crippen molar-refractivity contribution < 1.29 is 4.52 Å². The van der Waals surface area contributed by atoms with E-state index in [-0.39, 0.29) is 11.1 Å². The van der Waals surface area contributed by atoms with Crippen LogP contribution in [0, 0.1) is 0 Å². The molecule has 0 saturated carbocycles. The SMILES string of the molecule is CC(C)(C)N1C=CN(C(C)(C)C)P1OCc1ccccc1. The van der Waals surface area contributed by atoms with E-state index in [1.54, 1.807) is 0 Å². The minimum absolute atomic E-state index is 0.0545. The summed E-state index contributed by atoms with van der Waals surface area (Å²) in [5, 5.41) is 0. The van der Waals surface area contributed by atoms with Crippen LogP contribution in [0.1, 0.15) is 47.1 Å². The first-order valence-electron chi connectivity index (χ1n) is 7.43. The molecule has 0 fully saturated rings. The monoisotopic (exact) mass is 306 g/mol. The summed E-state index contributed by atoms with van der Waals surface area (Å²) < 4.78 is 11.0. The van der Waals surface area contributed by atoms with Crippen molar-refractivity contribution in [3.8, 4) is 0 Å². The summed E-state index contributed by atoms with van der Waals surface area (Å²) in [6.07, 6.45) is 4.34. The average molecular weight is 306 g/mol. The van der Waals surface area contributed by atoms with Crippen LogP contribution in [-0.2, 0) is 11.1 Å². The van der Waals surface area contributed by atoms with Gasteiger partial charge in [0.1, 0.15) is 0 Å². The van der Waals surface area contributed by atoms with Gasteiger partial charge in [-0.3, -0.25) is 0 Å². The molecule has 3 nitrogen and oxygen atoms in total. The van der Waals surface area contributed by atoms with Crippen LogP contribution in [-0.4, -0.2) is 20.4 Å². The molecule has 1 heterocycles. The van der Waals surface area contributed by atoms with Gasteiger partial charge in [-0.05, 0) is 47.1 Å². The molecule has 0 amide bonds. The molecule has 0 unspecified atom stereocenters. The highest BCUT2D eigenvalue weighted by Gasteiger charge is 2.40. The van der Waals surface area contributed by atoms with Gasteiger partial charge in [0.05, 0.1) is 6.61 Å². The summed E-state index contributed by atoms with van der Waals surface area (Å²) >= 11 is 0. The highest BCUT2D eigenvalue weighted by molar-refractivity contribution is 7.48. The van der Waals surface area contributed by atoms with Crippen molar-refractivity contribution in [1.82, 2.24) is 9.34 Å². The molecule has 0 spiro atoms. The summed E-state index contributed by atoms with van der Waals surface area (Å²) in [6, 6.07) is 10.4. The first-order valence-corrected chi connectivity index (χ1v) is 8.60. The first kappa shape index (κ1) is 16.3. The Balaban J connectivity index is 2.14. The van der Waals surface area contributed by atoms with E-state index in [2.05, 4.69) is 87.5 Å². The van der Waals surface area contributed by atoms with Gasteiger partial charge in [0.25, 0.3) is 0 Å². The lowest BCUT2D eigenvalue weighted by Crippen LogP contribution is -2.38. The Hall–Kier alpha value is -1.05. The molecule has 116 valence electrons. The molecular weight excluding hydrogens is 279 g/mol. The second-order valence-corrected chi connectivity index (χ2v) is 8.97. The Morgan fingerprint density at radius 1 is 0.857 bits per heavy atom. The van der Waals surface area contributed by atoms with Gasteiger partial charge in [-0.1, -0.05) is 30.3 Å². The highest BCUT2D eigenvalue weighted by Crippen LogP contribution is 2.57. The molecule has 0 aliphatic carbocycles. The van der Waals surface area contributed by atoms with Gasteiger partial charge in [0, 0.05) is 23.5 Å². The van der Waals surface area contributed by atoms with Crippen LogP contribution < -0.4 is 0 Å². The van der Waals surface area contributed by atoms with Crippen LogP contribution in [0.5, 0.6) is 0 Å². The van der Waals surface area contributed by atoms with Crippen LogP contribution in [0.4, 0.5) is 0 Å². The lowest BCUT2D eigenvalue weighted by Gasteiger charge is -2.43. The summed E-state index contributed by atoms with van der Waals surface area (Å²) in [4.78, 5) is 0. The van der Waals surface area contributed by atoms with Gasteiger partial charge >= 0.3 is 0 Å².